The van der Waals surface area contributed by atoms with Gasteiger partial charge in [0, 0.05) is 24.6 Å². The van der Waals surface area contributed by atoms with Gasteiger partial charge in [-0.15, -0.1) is 12.4 Å². The minimum atomic E-state index is 0. The molecule has 5 heteroatoms. The lowest BCUT2D eigenvalue weighted by Gasteiger charge is -2.25. The van der Waals surface area contributed by atoms with Crippen molar-refractivity contribution in [3.8, 4) is 0 Å². The average Bonchev–Trinajstić information content (AvgIpc) is 3.04. The molecule has 2 heterocycles. The molecule has 1 unspecified atom stereocenters. The SMILES string of the molecule is Cl.O=C(CNc1ccccc1)N1CCCC1c1ccncc1. The third-order valence-corrected chi connectivity index (χ3v) is 3.88. The molecule has 0 spiro atoms. The molecule has 2 aromatic rings. The van der Waals surface area contributed by atoms with Gasteiger partial charge in [-0.3, -0.25) is 9.78 Å². The number of pyridine rings is 1. The van der Waals surface area contributed by atoms with E-state index in [9.17, 15) is 4.79 Å². The second-order valence-electron chi connectivity index (χ2n) is 5.25. The molecule has 0 saturated carbocycles. The van der Waals surface area contributed by atoms with E-state index in [1.165, 1.54) is 5.56 Å². The van der Waals surface area contributed by atoms with Crippen LogP contribution < -0.4 is 5.32 Å². The molecule has 1 atom stereocenters. The van der Waals surface area contributed by atoms with E-state index in [4.69, 9.17) is 0 Å². The van der Waals surface area contributed by atoms with Crippen molar-refractivity contribution in [2.45, 2.75) is 18.9 Å². The highest BCUT2D eigenvalue weighted by molar-refractivity contribution is 5.85. The van der Waals surface area contributed by atoms with Crippen LogP contribution in [-0.2, 0) is 4.79 Å². The normalized spacial score (nSPS) is 16.9. The van der Waals surface area contributed by atoms with Crippen molar-refractivity contribution in [1.82, 2.24) is 9.88 Å². The highest BCUT2D eigenvalue weighted by Gasteiger charge is 2.29. The Labute approximate surface area is 137 Å². The van der Waals surface area contributed by atoms with E-state index in [1.54, 1.807) is 12.4 Å². The van der Waals surface area contributed by atoms with E-state index in [0.29, 0.717) is 6.54 Å². The van der Waals surface area contributed by atoms with Crippen molar-refractivity contribution in [3.63, 3.8) is 0 Å². The van der Waals surface area contributed by atoms with Crippen LogP contribution >= 0.6 is 12.4 Å². The summed E-state index contributed by atoms with van der Waals surface area (Å²) in [6.45, 7) is 1.17. The number of hydrogen-bond donors (Lipinski definition) is 1. The Bertz CT molecular complexity index is 591. The molecule has 1 saturated heterocycles. The van der Waals surface area contributed by atoms with Crippen molar-refractivity contribution >= 4 is 24.0 Å². The Morgan fingerprint density at radius 2 is 1.91 bits per heavy atom. The van der Waals surface area contributed by atoms with E-state index in [1.807, 2.05) is 47.4 Å². The van der Waals surface area contributed by atoms with Crippen molar-refractivity contribution in [1.29, 1.82) is 0 Å². The van der Waals surface area contributed by atoms with Gasteiger partial charge in [-0.1, -0.05) is 18.2 Å². The fourth-order valence-electron chi connectivity index (χ4n) is 2.83. The van der Waals surface area contributed by atoms with Crippen LogP contribution in [0.5, 0.6) is 0 Å². The number of likely N-dealkylation sites (tertiary alicyclic amines) is 1. The largest absolute Gasteiger partial charge is 0.376 e. The minimum absolute atomic E-state index is 0. The molecule has 0 radical (unpaired) electrons. The van der Waals surface area contributed by atoms with E-state index in [-0.39, 0.29) is 24.4 Å². The lowest BCUT2D eigenvalue weighted by atomic mass is 10.1. The summed E-state index contributed by atoms with van der Waals surface area (Å²) in [7, 11) is 0. The second kappa shape index (κ2) is 7.80. The fourth-order valence-corrected chi connectivity index (χ4v) is 2.83. The zero-order valence-corrected chi connectivity index (χ0v) is 13.1. The first-order chi connectivity index (χ1) is 10.3. The predicted molar refractivity (Wildman–Crippen MR) is 90.1 cm³/mol. The summed E-state index contributed by atoms with van der Waals surface area (Å²) in [6, 6.07) is 14.0. The van der Waals surface area contributed by atoms with Crippen molar-refractivity contribution in [2.24, 2.45) is 0 Å². The van der Waals surface area contributed by atoms with Gasteiger partial charge < -0.3 is 10.2 Å². The van der Waals surface area contributed by atoms with Gasteiger partial charge in [0.05, 0.1) is 12.6 Å². The van der Waals surface area contributed by atoms with Gasteiger partial charge in [0.25, 0.3) is 0 Å². The van der Waals surface area contributed by atoms with Crippen LogP contribution in [0.1, 0.15) is 24.4 Å². The van der Waals surface area contributed by atoms with Crippen LogP contribution in [0.2, 0.25) is 0 Å². The molecule has 1 amide bonds. The number of carbonyl (C=O) groups is 1. The summed E-state index contributed by atoms with van der Waals surface area (Å²) in [5.74, 6) is 0.151. The molecule has 1 aliphatic rings. The number of nitrogens with zero attached hydrogens (tertiary/aromatic N) is 2. The van der Waals surface area contributed by atoms with E-state index >= 15 is 0 Å². The van der Waals surface area contributed by atoms with Crippen LogP contribution in [0.3, 0.4) is 0 Å². The molecule has 1 fully saturated rings. The van der Waals surface area contributed by atoms with Crippen molar-refractivity contribution in [2.75, 3.05) is 18.4 Å². The lowest BCUT2D eigenvalue weighted by molar-refractivity contribution is -0.130. The summed E-state index contributed by atoms with van der Waals surface area (Å²) in [5, 5.41) is 3.19. The Hall–Kier alpha value is -2.07. The number of carbonyl (C=O) groups excluding carboxylic acids is 1. The minimum Gasteiger partial charge on any atom is -0.376 e. The number of benzene rings is 1. The smallest absolute Gasteiger partial charge is 0.242 e. The van der Waals surface area contributed by atoms with Crippen LogP contribution in [0.15, 0.2) is 54.9 Å². The number of nitrogens with one attached hydrogen (secondary N) is 1. The molecule has 116 valence electrons. The first-order valence-corrected chi connectivity index (χ1v) is 7.33. The first kappa shape index (κ1) is 16.3. The fraction of sp³-hybridized carbons (Fsp3) is 0.294. The summed E-state index contributed by atoms with van der Waals surface area (Å²) in [5.41, 5.74) is 2.15. The van der Waals surface area contributed by atoms with Gasteiger partial charge in [-0.2, -0.15) is 0 Å². The lowest BCUT2D eigenvalue weighted by Crippen LogP contribution is -2.35. The molecule has 1 aromatic carbocycles. The molecule has 22 heavy (non-hydrogen) atoms. The Kier molecular flexibility index (Phi) is 5.78. The second-order valence-corrected chi connectivity index (χ2v) is 5.25. The molecular formula is C17H20ClN3O. The van der Waals surface area contributed by atoms with Gasteiger partial charge in [0.15, 0.2) is 0 Å². The Balaban J connectivity index is 0.00000176. The Morgan fingerprint density at radius 1 is 1.18 bits per heavy atom. The average molecular weight is 318 g/mol. The van der Waals surface area contributed by atoms with Crippen molar-refractivity contribution < 1.29 is 4.79 Å². The van der Waals surface area contributed by atoms with Gasteiger partial charge in [-0.05, 0) is 42.7 Å². The van der Waals surface area contributed by atoms with E-state index in [2.05, 4.69) is 10.3 Å². The first-order valence-electron chi connectivity index (χ1n) is 7.33. The van der Waals surface area contributed by atoms with Crippen molar-refractivity contribution in [3.05, 3.63) is 60.4 Å². The maximum absolute atomic E-state index is 12.5. The highest BCUT2D eigenvalue weighted by atomic mass is 35.5. The molecule has 1 N–H and O–H groups in total. The maximum atomic E-state index is 12.5. The van der Waals surface area contributed by atoms with Crippen LogP contribution in [0.25, 0.3) is 0 Å². The van der Waals surface area contributed by atoms with E-state index in [0.717, 1.165) is 25.1 Å². The number of aromatic nitrogens is 1. The standard InChI is InChI=1S/C17H19N3O.ClH/c21-17(13-19-15-5-2-1-3-6-15)20-12-4-7-16(20)14-8-10-18-11-9-14;/h1-3,5-6,8-11,16,19H,4,7,12-13H2;1H. The van der Waals surface area contributed by atoms with E-state index < -0.39 is 0 Å². The highest BCUT2D eigenvalue weighted by Crippen LogP contribution is 2.31. The number of rotatable bonds is 4. The summed E-state index contributed by atoms with van der Waals surface area (Å²) in [6.07, 6.45) is 5.67. The zero-order chi connectivity index (χ0) is 14.5. The molecule has 3 rings (SSSR count). The Morgan fingerprint density at radius 3 is 2.64 bits per heavy atom. The molecule has 1 aliphatic heterocycles. The molecule has 1 aromatic heterocycles. The molecular weight excluding hydrogens is 298 g/mol. The van der Waals surface area contributed by atoms with Crippen LogP contribution in [0, 0.1) is 0 Å². The maximum Gasteiger partial charge on any atom is 0.242 e. The third kappa shape index (κ3) is 3.77. The van der Waals surface area contributed by atoms with Gasteiger partial charge in [-0.25, -0.2) is 0 Å². The molecule has 0 bridgehead atoms. The topological polar surface area (TPSA) is 45.2 Å². The predicted octanol–water partition coefficient (Wildman–Crippen LogP) is 3.28. The van der Waals surface area contributed by atoms with Gasteiger partial charge >= 0.3 is 0 Å². The number of anilines is 1. The summed E-state index contributed by atoms with van der Waals surface area (Å²) < 4.78 is 0. The number of para-hydroxylation sites is 1. The number of halogens is 1. The zero-order valence-electron chi connectivity index (χ0n) is 12.3. The van der Waals surface area contributed by atoms with Crippen LogP contribution in [0.4, 0.5) is 5.69 Å². The summed E-state index contributed by atoms with van der Waals surface area (Å²) in [4.78, 5) is 18.5. The monoisotopic (exact) mass is 317 g/mol. The van der Waals surface area contributed by atoms with Gasteiger partial charge in [0.2, 0.25) is 5.91 Å². The van der Waals surface area contributed by atoms with Crippen LogP contribution in [-0.4, -0.2) is 28.9 Å². The number of hydrogen-bond acceptors (Lipinski definition) is 3. The third-order valence-electron chi connectivity index (χ3n) is 3.88. The molecule has 4 nitrogen and oxygen atoms in total. The quantitative estimate of drug-likeness (QED) is 0.941. The number of amides is 1. The molecule has 0 aliphatic carbocycles. The van der Waals surface area contributed by atoms with Gasteiger partial charge in [0.1, 0.15) is 0 Å². The summed E-state index contributed by atoms with van der Waals surface area (Å²) >= 11 is 0.